The van der Waals surface area contributed by atoms with Crippen molar-refractivity contribution in [3.63, 3.8) is 0 Å². The molecular weight excluding hydrogens is 353 g/mol. The van der Waals surface area contributed by atoms with Crippen LogP contribution in [-0.2, 0) is 0 Å². The average molecular weight is 361 g/mol. The van der Waals surface area contributed by atoms with Gasteiger partial charge in [-0.2, -0.15) is 0 Å². The Kier molecular flexibility index (Phi) is 4.20. The molecule has 0 saturated heterocycles. The van der Waals surface area contributed by atoms with E-state index in [1.807, 2.05) is 0 Å². The highest BCUT2D eigenvalue weighted by Crippen LogP contribution is 2.31. The van der Waals surface area contributed by atoms with Crippen LogP contribution >= 0.6 is 27.5 Å². The van der Waals surface area contributed by atoms with E-state index < -0.39 is 10.7 Å². The highest BCUT2D eigenvalue weighted by Gasteiger charge is 2.17. The predicted octanol–water partition coefficient (Wildman–Crippen LogP) is 4.60. The van der Waals surface area contributed by atoms with Crippen molar-refractivity contribution in [2.45, 2.75) is 6.92 Å². The third-order valence-electron chi connectivity index (χ3n) is 2.56. The average Bonchev–Trinajstić information content (AvgIpc) is 2.35. The maximum atomic E-state index is 13.4. The zero-order chi connectivity index (χ0) is 14.9. The van der Waals surface area contributed by atoms with Gasteiger partial charge in [-0.25, -0.2) is 9.37 Å². The van der Waals surface area contributed by atoms with Crippen molar-refractivity contribution in [1.82, 2.24) is 4.98 Å². The van der Waals surface area contributed by atoms with Crippen LogP contribution in [0.4, 0.5) is 21.6 Å². The Morgan fingerprint density at radius 2 is 2.15 bits per heavy atom. The minimum Gasteiger partial charge on any atom is -0.334 e. The highest BCUT2D eigenvalue weighted by atomic mass is 79.9. The summed E-state index contributed by atoms with van der Waals surface area (Å²) in [6.45, 7) is 1.67. The molecule has 0 aliphatic heterocycles. The number of nitro groups is 1. The van der Waals surface area contributed by atoms with Crippen molar-refractivity contribution < 1.29 is 9.31 Å². The molecule has 2 aromatic rings. The van der Waals surface area contributed by atoms with Gasteiger partial charge >= 0.3 is 5.69 Å². The highest BCUT2D eigenvalue weighted by molar-refractivity contribution is 9.10. The summed E-state index contributed by atoms with van der Waals surface area (Å²) in [4.78, 5) is 14.3. The molecule has 0 saturated carbocycles. The van der Waals surface area contributed by atoms with E-state index in [2.05, 4.69) is 26.2 Å². The minimum absolute atomic E-state index is 0.00380. The summed E-state index contributed by atoms with van der Waals surface area (Å²) in [5.74, 6) is -0.411. The SMILES string of the molecule is Cc1cc(F)c(Br)cc1Nc1nc(Cl)ccc1[N+](=O)[O-]. The summed E-state index contributed by atoms with van der Waals surface area (Å²) < 4.78 is 13.6. The monoisotopic (exact) mass is 359 g/mol. The zero-order valence-electron chi connectivity index (χ0n) is 10.2. The lowest BCUT2D eigenvalue weighted by Gasteiger charge is -2.10. The molecule has 1 aromatic heterocycles. The molecule has 0 aliphatic carbocycles. The summed E-state index contributed by atoms with van der Waals surface area (Å²) in [5, 5.41) is 13.9. The van der Waals surface area contributed by atoms with Gasteiger partial charge in [-0.15, -0.1) is 0 Å². The maximum absolute atomic E-state index is 13.4. The summed E-state index contributed by atoms with van der Waals surface area (Å²) in [6, 6.07) is 5.38. The van der Waals surface area contributed by atoms with Gasteiger partial charge in [-0.05, 0) is 46.6 Å². The second kappa shape index (κ2) is 5.72. The Hall–Kier alpha value is -1.73. The fraction of sp³-hybridized carbons (Fsp3) is 0.0833. The molecule has 1 heterocycles. The molecule has 0 radical (unpaired) electrons. The van der Waals surface area contributed by atoms with Crippen LogP contribution in [0.2, 0.25) is 5.15 Å². The molecular formula is C12H8BrClFN3O2. The van der Waals surface area contributed by atoms with Crippen LogP contribution in [0.25, 0.3) is 0 Å². The molecule has 0 unspecified atom stereocenters. The van der Waals surface area contributed by atoms with E-state index in [-0.39, 0.29) is 21.1 Å². The second-order valence-electron chi connectivity index (χ2n) is 3.97. The summed E-state index contributed by atoms with van der Waals surface area (Å²) in [7, 11) is 0. The molecule has 2 rings (SSSR count). The van der Waals surface area contributed by atoms with Crippen LogP contribution in [0.3, 0.4) is 0 Å². The fourth-order valence-corrected chi connectivity index (χ4v) is 2.07. The van der Waals surface area contributed by atoms with Crippen molar-refractivity contribution in [3.8, 4) is 0 Å². The number of hydrogen-bond acceptors (Lipinski definition) is 4. The molecule has 104 valence electrons. The van der Waals surface area contributed by atoms with E-state index in [0.717, 1.165) is 0 Å². The van der Waals surface area contributed by atoms with Crippen molar-refractivity contribution in [1.29, 1.82) is 0 Å². The van der Waals surface area contributed by atoms with E-state index in [1.54, 1.807) is 6.92 Å². The van der Waals surface area contributed by atoms with E-state index in [1.165, 1.54) is 24.3 Å². The van der Waals surface area contributed by atoms with Crippen LogP contribution in [0, 0.1) is 22.9 Å². The van der Waals surface area contributed by atoms with Crippen LogP contribution in [-0.4, -0.2) is 9.91 Å². The van der Waals surface area contributed by atoms with Crippen LogP contribution < -0.4 is 5.32 Å². The Morgan fingerprint density at radius 3 is 2.80 bits per heavy atom. The Balaban J connectivity index is 2.47. The lowest BCUT2D eigenvalue weighted by molar-refractivity contribution is -0.384. The smallest absolute Gasteiger partial charge is 0.311 e. The van der Waals surface area contributed by atoms with E-state index in [9.17, 15) is 14.5 Å². The second-order valence-corrected chi connectivity index (χ2v) is 5.21. The molecule has 5 nitrogen and oxygen atoms in total. The third-order valence-corrected chi connectivity index (χ3v) is 3.38. The number of aryl methyl sites for hydroxylation is 1. The van der Waals surface area contributed by atoms with Gasteiger partial charge in [0.1, 0.15) is 11.0 Å². The number of anilines is 2. The van der Waals surface area contributed by atoms with E-state index >= 15 is 0 Å². The molecule has 8 heteroatoms. The molecule has 0 spiro atoms. The summed E-state index contributed by atoms with van der Waals surface area (Å²) >= 11 is 8.80. The van der Waals surface area contributed by atoms with Crippen molar-refractivity contribution in [2.24, 2.45) is 0 Å². The lowest BCUT2D eigenvalue weighted by atomic mass is 10.2. The molecule has 20 heavy (non-hydrogen) atoms. The van der Waals surface area contributed by atoms with Crippen LogP contribution in [0.5, 0.6) is 0 Å². The lowest BCUT2D eigenvalue weighted by Crippen LogP contribution is -2.01. The summed E-state index contributed by atoms with van der Waals surface area (Å²) in [6.07, 6.45) is 0. The maximum Gasteiger partial charge on any atom is 0.311 e. The quantitative estimate of drug-likeness (QED) is 0.493. The number of nitrogens with one attached hydrogen (secondary N) is 1. The van der Waals surface area contributed by atoms with Gasteiger partial charge in [0.25, 0.3) is 0 Å². The van der Waals surface area contributed by atoms with E-state index in [0.29, 0.717) is 11.3 Å². The topological polar surface area (TPSA) is 68.1 Å². The van der Waals surface area contributed by atoms with Gasteiger partial charge in [-0.1, -0.05) is 11.6 Å². The molecule has 0 fully saturated rings. The predicted molar refractivity (Wildman–Crippen MR) is 78.0 cm³/mol. The fourth-order valence-electron chi connectivity index (χ4n) is 1.58. The van der Waals surface area contributed by atoms with Crippen molar-refractivity contribution >= 4 is 44.7 Å². The van der Waals surface area contributed by atoms with Gasteiger partial charge < -0.3 is 5.32 Å². The Bertz CT molecular complexity index is 697. The van der Waals surface area contributed by atoms with Crippen LogP contribution in [0.1, 0.15) is 5.56 Å². The van der Waals surface area contributed by atoms with Gasteiger partial charge in [0.05, 0.1) is 9.40 Å². The first kappa shape index (κ1) is 14.7. The Morgan fingerprint density at radius 1 is 1.45 bits per heavy atom. The number of rotatable bonds is 3. The molecule has 0 amide bonds. The first-order valence-corrected chi connectivity index (χ1v) is 6.59. The number of hydrogen-bond donors (Lipinski definition) is 1. The normalized spacial score (nSPS) is 10.4. The molecule has 1 N–H and O–H groups in total. The molecule has 0 aliphatic rings. The largest absolute Gasteiger partial charge is 0.334 e. The minimum atomic E-state index is -0.570. The zero-order valence-corrected chi connectivity index (χ0v) is 12.5. The van der Waals surface area contributed by atoms with Gasteiger partial charge in [0, 0.05) is 11.8 Å². The van der Waals surface area contributed by atoms with Crippen LogP contribution in [0.15, 0.2) is 28.7 Å². The summed E-state index contributed by atoms with van der Waals surface area (Å²) in [5.41, 5.74) is 0.868. The number of aromatic nitrogens is 1. The van der Waals surface area contributed by atoms with Crippen molar-refractivity contribution in [3.05, 3.63) is 55.4 Å². The number of halogens is 3. The van der Waals surface area contributed by atoms with Gasteiger partial charge in [0.15, 0.2) is 0 Å². The number of nitrogens with zero attached hydrogens (tertiary/aromatic N) is 2. The molecule has 0 bridgehead atoms. The number of pyridine rings is 1. The Labute approximate surface area is 127 Å². The number of benzene rings is 1. The third kappa shape index (κ3) is 3.05. The van der Waals surface area contributed by atoms with E-state index in [4.69, 9.17) is 11.6 Å². The first-order chi connectivity index (χ1) is 9.38. The molecule has 1 aromatic carbocycles. The van der Waals surface area contributed by atoms with Crippen molar-refractivity contribution in [2.75, 3.05) is 5.32 Å². The van der Waals surface area contributed by atoms with Gasteiger partial charge in [0.2, 0.25) is 5.82 Å². The van der Waals surface area contributed by atoms with Gasteiger partial charge in [-0.3, -0.25) is 10.1 Å². The first-order valence-electron chi connectivity index (χ1n) is 5.42. The standard InChI is InChI=1S/C12H8BrClFN3O2/c1-6-4-8(15)7(13)5-9(6)16-12-10(18(19)20)2-3-11(14)17-12/h2-5H,1H3,(H,16,17). The molecule has 0 atom stereocenters.